The smallest absolute Gasteiger partial charge is 0.262 e. The number of β-lactam (4-membered cyclic amide) rings is 1. The number of ether oxygens (including phenoxy) is 2. The van der Waals surface area contributed by atoms with Crippen LogP contribution >= 0.6 is 46.4 Å². The summed E-state index contributed by atoms with van der Waals surface area (Å²) in [6, 6.07) is 3.58. The summed E-state index contributed by atoms with van der Waals surface area (Å²) in [5.41, 5.74) is 0.429. The van der Waals surface area contributed by atoms with Crippen LogP contribution in [-0.4, -0.2) is 40.7 Å². The number of carbonyl (C=O) groups excluding carboxylic acids is 1. The third-order valence-electron chi connectivity index (χ3n) is 4.36. The van der Waals surface area contributed by atoms with Gasteiger partial charge in [0.05, 0.1) is 14.2 Å². The van der Waals surface area contributed by atoms with Crippen molar-refractivity contribution in [3.8, 4) is 11.5 Å². The normalized spacial score (nSPS) is 25.4. The first-order chi connectivity index (χ1) is 10.3. The first kappa shape index (κ1) is 16.3. The average molecular weight is 385 g/mol. The monoisotopic (exact) mass is 383 g/mol. The van der Waals surface area contributed by atoms with Crippen molar-refractivity contribution < 1.29 is 14.3 Å². The molecule has 0 spiro atoms. The van der Waals surface area contributed by atoms with Gasteiger partial charge in [0.15, 0.2) is 11.5 Å². The maximum absolute atomic E-state index is 12.2. The van der Waals surface area contributed by atoms with Gasteiger partial charge in [-0.2, -0.15) is 0 Å². The summed E-state index contributed by atoms with van der Waals surface area (Å²) in [7, 11) is 3.08. The van der Waals surface area contributed by atoms with Crippen molar-refractivity contribution in [3.63, 3.8) is 0 Å². The third kappa shape index (κ3) is 1.75. The number of carbonyl (C=O) groups is 1. The molecule has 4 nitrogen and oxygen atoms in total. The van der Waals surface area contributed by atoms with Crippen molar-refractivity contribution >= 4 is 52.3 Å². The first-order valence-corrected chi connectivity index (χ1v) is 8.18. The van der Waals surface area contributed by atoms with Crippen molar-refractivity contribution in [2.45, 2.75) is 21.1 Å². The van der Waals surface area contributed by atoms with E-state index in [1.165, 1.54) is 12.0 Å². The average Bonchev–Trinajstić information content (AvgIpc) is 2.50. The Hall–Kier alpha value is -0.550. The Morgan fingerprint density at radius 1 is 1.18 bits per heavy atom. The Balaban J connectivity index is 2.27. The molecule has 0 aromatic heterocycles. The van der Waals surface area contributed by atoms with E-state index in [0.717, 1.165) is 5.56 Å². The number of fused-ring (bicyclic) bond motifs is 3. The van der Waals surface area contributed by atoms with Crippen molar-refractivity contribution in [1.29, 1.82) is 0 Å². The largest absolute Gasteiger partial charge is 0.493 e. The molecule has 120 valence electrons. The van der Waals surface area contributed by atoms with E-state index >= 15 is 0 Å². The SMILES string of the molecule is COc1cc2c(cc1OC)C1(C(Cl)Cl)N(CC2)C(=O)C1(Cl)Cl. The second-order valence-electron chi connectivity index (χ2n) is 5.21. The number of nitrogens with zero attached hydrogens (tertiary/aromatic N) is 1. The molecule has 1 fully saturated rings. The van der Waals surface area contributed by atoms with Gasteiger partial charge in [-0.25, -0.2) is 0 Å². The molecule has 0 radical (unpaired) electrons. The molecule has 1 saturated heterocycles. The fourth-order valence-electron chi connectivity index (χ4n) is 3.29. The van der Waals surface area contributed by atoms with Gasteiger partial charge >= 0.3 is 0 Å². The zero-order chi connectivity index (χ0) is 16.3. The van der Waals surface area contributed by atoms with E-state index in [1.54, 1.807) is 13.2 Å². The van der Waals surface area contributed by atoms with Crippen LogP contribution in [0.5, 0.6) is 11.5 Å². The molecule has 1 amide bonds. The van der Waals surface area contributed by atoms with Crippen molar-refractivity contribution in [2.75, 3.05) is 20.8 Å². The molecule has 22 heavy (non-hydrogen) atoms. The molecule has 1 unspecified atom stereocenters. The van der Waals surface area contributed by atoms with E-state index in [4.69, 9.17) is 55.9 Å². The highest BCUT2D eigenvalue weighted by atomic mass is 35.5. The lowest BCUT2D eigenvalue weighted by Gasteiger charge is -2.62. The molecule has 1 atom stereocenters. The maximum atomic E-state index is 12.2. The number of halogens is 4. The van der Waals surface area contributed by atoms with E-state index < -0.39 is 14.7 Å². The van der Waals surface area contributed by atoms with Crippen LogP contribution in [0, 0.1) is 0 Å². The summed E-state index contributed by atoms with van der Waals surface area (Å²) in [6.45, 7) is 0.443. The first-order valence-electron chi connectivity index (χ1n) is 6.55. The number of hydrogen-bond donors (Lipinski definition) is 0. The highest BCUT2D eigenvalue weighted by molar-refractivity contribution is 6.63. The molecule has 1 aromatic rings. The molecule has 1 aromatic carbocycles. The van der Waals surface area contributed by atoms with Crippen LogP contribution in [0.15, 0.2) is 12.1 Å². The van der Waals surface area contributed by atoms with E-state index in [2.05, 4.69) is 0 Å². The van der Waals surface area contributed by atoms with Crippen LogP contribution in [0.3, 0.4) is 0 Å². The standard InChI is InChI=1S/C14H13Cl4NO3/c1-21-9-5-7-3-4-19-12(20)14(17,18)13(19,11(15)16)8(7)6-10(9)22-2/h5-6,11H,3-4H2,1-2H3. The van der Waals surface area contributed by atoms with Gasteiger partial charge in [0.1, 0.15) is 10.4 Å². The Labute approximate surface area is 148 Å². The van der Waals surface area contributed by atoms with E-state index in [1.807, 2.05) is 6.07 Å². The van der Waals surface area contributed by atoms with Crippen LogP contribution in [0.1, 0.15) is 11.1 Å². The second kappa shape index (κ2) is 5.23. The zero-order valence-electron chi connectivity index (χ0n) is 11.8. The Morgan fingerprint density at radius 2 is 1.77 bits per heavy atom. The Morgan fingerprint density at radius 3 is 2.32 bits per heavy atom. The summed E-state index contributed by atoms with van der Waals surface area (Å²) < 4.78 is 8.93. The second-order valence-corrected chi connectivity index (χ2v) is 7.64. The third-order valence-corrected chi connectivity index (χ3v) is 5.89. The van der Waals surface area contributed by atoms with Crippen molar-refractivity contribution in [2.24, 2.45) is 0 Å². The number of alkyl halides is 4. The fourth-order valence-corrected chi connectivity index (χ4v) is 5.14. The van der Waals surface area contributed by atoms with Gasteiger partial charge in [-0.05, 0) is 29.7 Å². The molecule has 3 rings (SSSR count). The summed E-state index contributed by atoms with van der Waals surface area (Å²) >= 11 is 25.1. The number of amides is 1. The predicted molar refractivity (Wildman–Crippen MR) is 86.6 cm³/mol. The van der Waals surface area contributed by atoms with Crippen LogP contribution in [0.4, 0.5) is 0 Å². The highest BCUT2D eigenvalue weighted by Gasteiger charge is 2.75. The lowest BCUT2D eigenvalue weighted by molar-refractivity contribution is -0.160. The molecule has 2 aliphatic heterocycles. The van der Waals surface area contributed by atoms with Crippen LogP contribution in [0.25, 0.3) is 0 Å². The molecule has 0 bridgehead atoms. The summed E-state index contributed by atoms with van der Waals surface area (Å²) in [4.78, 5) is 12.7. The molecule has 0 N–H and O–H groups in total. The molecular formula is C14H13Cl4NO3. The topological polar surface area (TPSA) is 38.8 Å². The van der Waals surface area contributed by atoms with Gasteiger partial charge in [0.25, 0.3) is 5.91 Å². The van der Waals surface area contributed by atoms with Gasteiger partial charge < -0.3 is 14.4 Å². The van der Waals surface area contributed by atoms with Crippen LogP contribution in [0.2, 0.25) is 0 Å². The van der Waals surface area contributed by atoms with E-state index in [0.29, 0.717) is 30.0 Å². The van der Waals surface area contributed by atoms with E-state index in [-0.39, 0.29) is 5.91 Å². The van der Waals surface area contributed by atoms with Crippen LogP contribution in [-0.2, 0) is 16.8 Å². The van der Waals surface area contributed by atoms with Gasteiger partial charge in [-0.15, -0.1) is 23.2 Å². The molecule has 2 aliphatic rings. The van der Waals surface area contributed by atoms with Crippen LogP contribution < -0.4 is 9.47 Å². The molecule has 2 heterocycles. The molecular weight excluding hydrogens is 372 g/mol. The van der Waals surface area contributed by atoms with Crippen molar-refractivity contribution in [3.05, 3.63) is 23.3 Å². The van der Waals surface area contributed by atoms with E-state index in [9.17, 15) is 4.79 Å². The number of methoxy groups -OCH3 is 2. The van der Waals surface area contributed by atoms with Gasteiger partial charge in [-0.3, -0.25) is 4.79 Å². The fraction of sp³-hybridized carbons (Fsp3) is 0.500. The minimum atomic E-state index is -1.71. The molecule has 0 aliphatic carbocycles. The van der Waals surface area contributed by atoms with Gasteiger partial charge in [0, 0.05) is 6.54 Å². The Kier molecular flexibility index (Phi) is 3.88. The number of rotatable bonds is 3. The lowest BCUT2D eigenvalue weighted by Crippen LogP contribution is -2.79. The van der Waals surface area contributed by atoms with Crippen molar-refractivity contribution in [1.82, 2.24) is 4.90 Å². The summed E-state index contributed by atoms with van der Waals surface area (Å²) in [5, 5.41) is 0. The quantitative estimate of drug-likeness (QED) is 0.593. The molecule has 0 saturated carbocycles. The van der Waals surface area contributed by atoms with Gasteiger partial charge in [-0.1, -0.05) is 23.2 Å². The Bertz CT molecular complexity index is 649. The lowest BCUT2D eigenvalue weighted by atomic mass is 9.72. The minimum absolute atomic E-state index is 0.387. The highest BCUT2D eigenvalue weighted by Crippen LogP contribution is 2.62. The predicted octanol–water partition coefficient (Wildman–Crippen LogP) is 3.28. The molecule has 8 heteroatoms. The summed E-state index contributed by atoms with van der Waals surface area (Å²) in [5.74, 6) is 0.702. The zero-order valence-corrected chi connectivity index (χ0v) is 14.9. The number of hydrogen-bond acceptors (Lipinski definition) is 3. The number of benzene rings is 1. The summed E-state index contributed by atoms with van der Waals surface area (Å²) in [6.07, 6.45) is 0.632. The van der Waals surface area contributed by atoms with Gasteiger partial charge in [0.2, 0.25) is 4.33 Å². The maximum Gasteiger partial charge on any atom is 0.262 e. The minimum Gasteiger partial charge on any atom is -0.493 e.